The number of benzene rings is 1. The zero-order valence-electron chi connectivity index (χ0n) is 26.1. The molecule has 0 spiro atoms. The molecule has 2 N–H and O–H groups in total. The number of carboxylic acid groups (broad SMARTS) is 1. The highest BCUT2D eigenvalue weighted by Gasteiger charge is 2.55. The van der Waals surface area contributed by atoms with Gasteiger partial charge in [-0.15, -0.1) is 6.58 Å². The van der Waals surface area contributed by atoms with Crippen LogP contribution in [0.2, 0.25) is 0 Å². The van der Waals surface area contributed by atoms with Crippen LogP contribution in [0.4, 0.5) is 0 Å². The van der Waals surface area contributed by atoms with Crippen LogP contribution in [0.5, 0.6) is 0 Å². The van der Waals surface area contributed by atoms with Crippen molar-refractivity contribution in [3.05, 3.63) is 94.0 Å². The SMILES string of the molecule is C=C(C)CC[C@H](C=C(C)C)C[C@@]1(CC=C(C)C)C(=O)C2=C(O[C@H](C)[C@H](C)C2=O)C([C@@H](CC(=O)O)c2ccccc2)=C1O. The van der Waals surface area contributed by atoms with Crippen LogP contribution in [0.1, 0.15) is 92.1 Å². The summed E-state index contributed by atoms with van der Waals surface area (Å²) in [6.07, 6.45) is 5.04. The second-order valence-electron chi connectivity index (χ2n) is 12.6. The predicted molar refractivity (Wildman–Crippen MR) is 166 cm³/mol. The minimum absolute atomic E-state index is 0.0247. The number of aliphatic hydroxyl groups is 1. The van der Waals surface area contributed by atoms with Crippen LogP contribution in [0.15, 0.2) is 88.4 Å². The molecule has 226 valence electrons. The number of aliphatic carboxylic acids is 1. The van der Waals surface area contributed by atoms with E-state index in [1.807, 2.05) is 58.9 Å². The number of aliphatic hydroxyl groups excluding tert-OH is 1. The van der Waals surface area contributed by atoms with Crippen LogP contribution >= 0.6 is 0 Å². The molecule has 42 heavy (non-hydrogen) atoms. The van der Waals surface area contributed by atoms with Crippen molar-refractivity contribution in [2.24, 2.45) is 17.3 Å². The van der Waals surface area contributed by atoms with E-state index in [2.05, 4.69) is 12.7 Å². The first-order valence-electron chi connectivity index (χ1n) is 14.8. The van der Waals surface area contributed by atoms with Gasteiger partial charge in [-0.25, -0.2) is 0 Å². The van der Waals surface area contributed by atoms with E-state index in [1.165, 1.54) is 0 Å². The minimum Gasteiger partial charge on any atom is -0.511 e. The van der Waals surface area contributed by atoms with Gasteiger partial charge in [0.05, 0.1) is 17.8 Å². The molecule has 6 heteroatoms. The number of rotatable bonds is 12. The van der Waals surface area contributed by atoms with E-state index in [0.717, 1.165) is 23.1 Å². The molecule has 0 radical (unpaired) electrons. The fraction of sp³-hybridized carbons (Fsp3) is 0.472. The first-order valence-corrected chi connectivity index (χ1v) is 14.8. The number of hydrogen-bond acceptors (Lipinski definition) is 5. The lowest BCUT2D eigenvalue weighted by molar-refractivity contribution is -0.137. The Balaban J connectivity index is 2.42. The lowest BCUT2D eigenvalue weighted by atomic mass is 9.61. The third-order valence-corrected chi connectivity index (χ3v) is 8.42. The van der Waals surface area contributed by atoms with E-state index >= 15 is 0 Å². The van der Waals surface area contributed by atoms with Crippen LogP contribution in [-0.4, -0.2) is 33.9 Å². The molecule has 0 unspecified atom stereocenters. The van der Waals surface area contributed by atoms with Gasteiger partial charge >= 0.3 is 5.97 Å². The van der Waals surface area contributed by atoms with Crippen molar-refractivity contribution in [1.82, 2.24) is 0 Å². The average molecular weight is 575 g/mol. The third-order valence-electron chi connectivity index (χ3n) is 8.42. The number of carbonyl (C=O) groups is 3. The van der Waals surface area contributed by atoms with Crippen molar-refractivity contribution in [1.29, 1.82) is 0 Å². The Morgan fingerprint density at radius 2 is 1.71 bits per heavy atom. The largest absolute Gasteiger partial charge is 0.511 e. The molecule has 0 saturated carbocycles. The molecule has 1 aromatic carbocycles. The van der Waals surface area contributed by atoms with Crippen molar-refractivity contribution in [2.45, 2.75) is 92.6 Å². The van der Waals surface area contributed by atoms with E-state index in [4.69, 9.17) is 4.74 Å². The summed E-state index contributed by atoms with van der Waals surface area (Å²) >= 11 is 0. The van der Waals surface area contributed by atoms with Crippen molar-refractivity contribution in [2.75, 3.05) is 0 Å². The summed E-state index contributed by atoms with van der Waals surface area (Å²) in [7, 11) is 0. The van der Waals surface area contributed by atoms with Crippen LogP contribution in [0.3, 0.4) is 0 Å². The molecule has 1 heterocycles. The molecule has 0 aromatic heterocycles. The van der Waals surface area contributed by atoms with Crippen LogP contribution in [0.25, 0.3) is 0 Å². The number of carbonyl (C=O) groups excluding carboxylic acids is 2. The van der Waals surface area contributed by atoms with Crippen molar-refractivity contribution >= 4 is 17.5 Å². The van der Waals surface area contributed by atoms with Gasteiger partial charge in [-0.1, -0.05) is 66.1 Å². The van der Waals surface area contributed by atoms with Gasteiger partial charge in [0.25, 0.3) is 0 Å². The Morgan fingerprint density at radius 1 is 1.07 bits per heavy atom. The molecular formula is C36H46O6. The second-order valence-corrected chi connectivity index (χ2v) is 12.6. The van der Waals surface area contributed by atoms with Crippen LogP contribution in [-0.2, 0) is 19.1 Å². The summed E-state index contributed by atoms with van der Waals surface area (Å²) in [4.78, 5) is 40.9. The molecule has 0 saturated heterocycles. The van der Waals surface area contributed by atoms with Gasteiger partial charge < -0.3 is 14.9 Å². The lowest BCUT2D eigenvalue weighted by Crippen LogP contribution is -2.47. The summed E-state index contributed by atoms with van der Waals surface area (Å²) in [5.74, 6) is -3.52. The van der Waals surface area contributed by atoms with E-state index in [-0.39, 0.29) is 53.6 Å². The molecule has 2 aliphatic rings. The fourth-order valence-corrected chi connectivity index (χ4v) is 6.03. The molecule has 0 bridgehead atoms. The average Bonchev–Trinajstić information content (AvgIpc) is 2.91. The summed E-state index contributed by atoms with van der Waals surface area (Å²) in [5.41, 5.74) is 2.42. The summed E-state index contributed by atoms with van der Waals surface area (Å²) in [5, 5.41) is 22.4. The number of ether oxygens (including phenoxy) is 1. The molecular weight excluding hydrogens is 528 g/mol. The molecule has 6 nitrogen and oxygen atoms in total. The molecule has 1 aliphatic carbocycles. The topological polar surface area (TPSA) is 101 Å². The molecule has 3 rings (SSSR count). The number of hydrogen-bond donors (Lipinski definition) is 2. The summed E-state index contributed by atoms with van der Waals surface area (Å²) in [6.45, 7) is 17.4. The second kappa shape index (κ2) is 13.5. The maximum Gasteiger partial charge on any atom is 0.304 e. The van der Waals surface area contributed by atoms with Gasteiger partial charge in [0.1, 0.15) is 23.2 Å². The molecule has 0 amide bonds. The highest BCUT2D eigenvalue weighted by Crippen LogP contribution is 2.53. The number of ketones is 2. The minimum atomic E-state index is -1.47. The Bertz CT molecular complexity index is 1350. The Hall–Kier alpha value is -3.67. The maximum atomic E-state index is 14.7. The Kier molecular flexibility index (Phi) is 10.6. The third kappa shape index (κ3) is 7.03. The van der Waals surface area contributed by atoms with Crippen molar-refractivity contribution in [3.63, 3.8) is 0 Å². The molecule has 5 atom stereocenters. The van der Waals surface area contributed by atoms with E-state index < -0.39 is 35.1 Å². The number of allylic oxidation sites excluding steroid dienone is 8. The van der Waals surface area contributed by atoms with Crippen molar-refractivity contribution in [3.8, 4) is 0 Å². The maximum absolute atomic E-state index is 14.7. The first-order chi connectivity index (χ1) is 19.7. The fourth-order valence-electron chi connectivity index (χ4n) is 6.03. The molecule has 0 fully saturated rings. The number of Topliss-reactive ketones (excluding diaryl/α,β-unsaturated/α-hetero) is 2. The molecule has 1 aliphatic heterocycles. The summed E-state index contributed by atoms with van der Waals surface area (Å²) < 4.78 is 6.27. The van der Waals surface area contributed by atoms with Gasteiger partial charge in [0.15, 0.2) is 11.6 Å². The monoisotopic (exact) mass is 574 g/mol. The van der Waals surface area contributed by atoms with Gasteiger partial charge in [0, 0.05) is 11.5 Å². The van der Waals surface area contributed by atoms with E-state index in [1.54, 1.807) is 26.0 Å². The lowest BCUT2D eigenvalue weighted by Gasteiger charge is -2.43. The summed E-state index contributed by atoms with van der Waals surface area (Å²) in [6, 6.07) is 9.05. The van der Waals surface area contributed by atoms with Gasteiger partial charge in [-0.05, 0) is 78.7 Å². The van der Waals surface area contributed by atoms with Gasteiger partial charge in [-0.2, -0.15) is 0 Å². The van der Waals surface area contributed by atoms with Crippen LogP contribution in [0, 0.1) is 17.3 Å². The highest BCUT2D eigenvalue weighted by atomic mass is 16.5. The van der Waals surface area contributed by atoms with E-state index in [9.17, 15) is 24.6 Å². The normalized spacial score (nSPS) is 23.5. The zero-order chi connectivity index (χ0) is 31.4. The van der Waals surface area contributed by atoms with Gasteiger partial charge in [0.2, 0.25) is 0 Å². The standard InChI is InChI=1S/C36H46O6/c1-21(2)14-15-26(18-23(5)6)20-36(17-16-22(3)4)34(40)30(28(19-29(37)38)27-12-10-9-11-13-27)33-31(35(36)41)32(39)24(7)25(8)42-33/h9-13,16,18,24-26,28,40H,1,14-15,17,19-20H2,2-8H3,(H,37,38)/t24-,25+,26+,28-,36+/m0/s1. The van der Waals surface area contributed by atoms with Crippen molar-refractivity contribution < 1.29 is 29.3 Å². The smallest absolute Gasteiger partial charge is 0.304 e. The number of carboxylic acids is 1. The predicted octanol–water partition coefficient (Wildman–Crippen LogP) is 8.19. The van der Waals surface area contributed by atoms with E-state index in [0.29, 0.717) is 12.0 Å². The first kappa shape index (κ1) is 32.8. The van der Waals surface area contributed by atoms with Gasteiger partial charge in [-0.3, -0.25) is 14.4 Å². The Morgan fingerprint density at radius 3 is 2.26 bits per heavy atom. The van der Waals surface area contributed by atoms with Crippen LogP contribution < -0.4 is 0 Å². The highest BCUT2D eigenvalue weighted by molar-refractivity contribution is 6.25. The molecule has 1 aromatic rings. The Labute approximate surface area is 250 Å². The zero-order valence-corrected chi connectivity index (χ0v) is 26.1. The quantitative estimate of drug-likeness (QED) is 0.193.